The van der Waals surface area contributed by atoms with Gasteiger partial charge in [-0.1, -0.05) is 31.2 Å². The van der Waals surface area contributed by atoms with Gasteiger partial charge in [-0.05, 0) is 25.3 Å². The van der Waals surface area contributed by atoms with Crippen LogP contribution in [0.25, 0.3) is 0 Å². The van der Waals surface area contributed by atoms with Crippen molar-refractivity contribution in [2.24, 2.45) is 0 Å². The fraction of sp³-hybridized carbons (Fsp3) is 0.474. The molecule has 0 saturated carbocycles. The smallest absolute Gasteiger partial charge is 0.315 e. The minimum absolute atomic E-state index is 0.0111. The topological polar surface area (TPSA) is 70.7 Å². The zero-order chi connectivity index (χ0) is 18.1. The number of rotatable bonds is 8. The SMILES string of the molecule is C=CCNC(=O)NC(CC)c1ccccc1OCC(=O)N1CCCC1. The van der Waals surface area contributed by atoms with Gasteiger partial charge in [-0.3, -0.25) is 4.79 Å². The number of carbonyl (C=O) groups excluding carboxylic acids is 2. The second-order valence-corrected chi connectivity index (χ2v) is 6.02. The van der Waals surface area contributed by atoms with Gasteiger partial charge in [0.15, 0.2) is 6.61 Å². The zero-order valence-corrected chi connectivity index (χ0v) is 14.8. The second-order valence-electron chi connectivity index (χ2n) is 6.02. The van der Waals surface area contributed by atoms with Crippen molar-refractivity contribution in [3.8, 4) is 5.75 Å². The van der Waals surface area contributed by atoms with Crippen LogP contribution in [0.3, 0.4) is 0 Å². The molecule has 0 aromatic heterocycles. The van der Waals surface area contributed by atoms with Crippen LogP contribution in [0.1, 0.15) is 37.8 Å². The number of hydrogen-bond donors (Lipinski definition) is 2. The maximum atomic E-state index is 12.2. The van der Waals surface area contributed by atoms with Crippen molar-refractivity contribution >= 4 is 11.9 Å². The summed E-state index contributed by atoms with van der Waals surface area (Å²) in [6, 6.07) is 7.06. The van der Waals surface area contributed by atoms with Gasteiger partial charge in [-0.2, -0.15) is 0 Å². The minimum Gasteiger partial charge on any atom is -0.483 e. The van der Waals surface area contributed by atoms with Crippen molar-refractivity contribution in [3.05, 3.63) is 42.5 Å². The van der Waals surface area contributed by atoms with Gasteiger partial charge in [-0.25, -0.2) is 4.79 Å². The molecule has 1 heterocycles. The first-order chi connectivity index (χ1) is 12.2. The van der Waals surface area contributed by atoms with E-state index in [9.17, 15) is 9.59 Å². The Morgan fingerprint density at radius 2 is 2.04 bits per heavy atom. The van der Waals surface area contributed by atoms with Gasteiger partial charge in [0.25, 0.3) is 5.91 Å². The number of nitrogens with one attached hydrogen (secondary N) is 2. The van der Waals surface area contributed by atoms with E-state index in [1.165, 1.54) is 0 Å². The number of likely N-dealkylation sites (tertiary alicyclic amines) is 1. The van der Waals surface area contributed by atoms with Gasteiger partial charge in [0.05, 0.1) is 6.04 Å². The van der Waals surface area contributed by atoms with Crippen LogP contribution in [0.2, 0.25) is 0 Å². The lowest BCUT2D eigenvalue weighted by atomic mass is 10.0. The van der Waals surface area contributed by atoms with Gasteiger partial charge in [0, 0.05) is 25.2 Å². The molecule has 1 aliphatic rings. The zero-order valence-electron chi connectivity index (χ0n) is 14.8. The molecule has 0 radical (unpaired) electrons. The molecule has 0 spiro atoms. The summed E-state index contributed by atoms with van der Waals surface area (Å²) in [7, 11) is 0. The first kappa shape index (κ1) is 18.8. The fourth-order valence-electron chi connectivity index (χ4n) is 2.87. The molecule has 1 aliphatic heterocycles. The number of benzene rings is 1. The van der Waals surface area contributed by atoms with Gasteiger partial charge in [-0.15, -0.1) is 6.58 Å². The summed E-state index contributed by atoms with van der Waals surface area (Å²) in [4.78, 5) is 25.9. The van der Waals surface area contributed by atoms with E-state index in [2.05, 4.69) is 17.2 Å². The molecule has 136 valence electrons. The maximum absolute atomic E-state index is 12.2. The van der Waals surface area contributed by atoms with Crippen LogP contribution in [0.5, 0.6) is 5.75 Å². The highest BCUT2D eigenvalue weighted by Crippen LogP contribution is 2.27. The van der Waals surface area contributed by atoms with E-state index < -0.39 is 0 Å². The van der Waals surface area contributed by atoms with Gasteiger partial charge in [0.2, 0.25) is 0 Å². The number of urea groups is 1. The number of hydrogen-bond acceptors (Lipinski definition) is 3. The third kappa shape index (κ3) is 5.52. The molecule has 1 atom stereocenters. The van der Waals surface area contributed by atoms with Crippen LogP contribution in [0, 0.1) is 0 Å². The van der Waals surface area contributed by atoms with E-state index in [4.69, 9.17) is 4.74 Å². The molecule has 3 amide bonds. The lowest BCUT2D eigenvalue weighted by Crippen LogP contribution is -2.38. The first-order valence-corrected chi connectivity index (χ1v) is 8.80. The third-order valence-electron chi connectivity index (χ3n) is 4.22. The predicted molar refractivity (Wildman–Crippen MR) is 97.5 cm³/mol. The maximum Gasteiger partial charge on any atom is 0.315 e. The summed E-state index contributed by atoms with van der Waals surface area (Å²) in [6.45, 7) is 7.63. The Morgan fingerprint density at radius 1 is 1.32 bits per heavy atom. The van der Waals surface area contributed by atoms with Crippen molar-refractivity contribution in [1.29, 1.82) is 0 Å². The molecule has 0 bridgehead atoms. The van der Waals surface area contributed by atoms with Crippen LogP contribution in [0.15, 0.2) is 36.9 Å². The molecule has 1 fully saturated rings. The average Bonchev–Trinajstić information content (AvgIpc) is 3.17. The Kier molecular flexibility index (Phi) is 7.32. The number of para-hydroxylation sites is 1. The molecule has 1 saturated heterocycles. The Balaban J connectivity index is 2.00. The molecular weight excluding hydrogens is 318 g/mol. The summed E-state index contributed by atoms with van der Waals surface area (Å²) < 4.78 is 5.78. The fourth-order valence-corrected chi connectivity index (χ4v) is 2.87. The number of carbonyl (C=O) groups is 2. The molecule has 6 heteroatoms. The van der Waals surface area contributed by atoms with E-state index in [0.29, 0.717) is 18.7 Å². The lowest BCUT2D eigenvalue weighted by Gasteiger charge is -2.21. The normalized spacial score (nSPS) is 14.7. The molecule has 0 aliphatic carbocycles. The number of amides is 3. The van der Waals surface area contributed by atoms with E-state index in [0.717, 1.165) is 31.5 Å². The molecule has 25 heavy (non-hydrogen) atoms. The van der Waals surface area contributed by atoms with Crippen LogP contribution in [-0.2, 0) is 4.79 Å². The van der Waals surface area contributed by atoms with Crippen molar-refractivity contribution in [2.45, 2.75) is 32.2 Å². The summed E-state index contributed by atoms with van der Waals surface area (Å²) in [5, 5.41) is 5.63. The summed E-state index contributed by atoms with van der Waals surface area (Å²) in [5.41, 5.74) is 0.868. The second kappa shape index (κ2) is 9.71. The van der Waals surface area contributed by atoms with Crippen molar-refractivity contribution in [2.75, 3.05) is 26.2 Å². The third-order valence-corrected chi connectivity index (χ3v) is 4.22. The highest BCUT2D eigenvalue weighted by atomic mass is 16.5. The monoisotopic (exact) mass is 345 g/mol. The summed E-state index contributed by atoms with van der Waals surface area (Å²) >= 11 is 0. The highest BCUT2D eigenvalue weighted by molar-refractivity contribution is 5.78. The lowest BCUT2D eigenvalue weighted by molar-refractivity contribution is -0.132. The number of ether oxygens (including phenoxy) is 1. The summed E-state index contributed by atoms with van der Waals surface area (Å²) in [6.07, 6.45) is 4.46. The molecule has 2 rings (SSSR count). The van der Waals surface area contributed by atoms with Crippen LogP contribution < -0.4 is 15.4 Å². The first-order valence-electron chi connectivity index (χ1n) is 8.80. The van der Waals surface area contributed by atoms with E-state index in [1.807, 2.05) is 36.1 Å². The van der Waals surface area contributed by atoms with Crippen LogP contribution in [-0.4, -0.2) is 43.1 Å². The quantitative estimate of drug-likeness (QED) is 0.712. The molecule has 6 nitrogen and oxygen atoms in total. The van der Waals surface area contributed by atoms with E-state index in [-0.39, 0.29) is 24.6 Å². The standard InChI is InChI=1S/C19H27N3O3/c1-3-11-20-19(24)21-16(4-2)15-9-5-6-10-17(15)25-14-18(23)22-12-7-8-13-22/h3,5-6,9-10,16H,1,4,7-8,11-14H2,2H3,(H2,20,21,24). The van der Waals surface area contributed by atoms with Crippen molar-refractivity contribution in [1.82, 2.24) is 15.5 Å². The Bertz CT molecular complexity index is 597. The highest BCUT2D eigenvalue weighted by Gasteiger charge is 2.20. The Labute approximate surface area is 149 Å². The average molecular weight is 345 g/mol. The van der Waals surface area contributed by atoms with Crippen molar-refractivity contribution < 1.29 is 14.3 Å². The molecule has 2 N–H and O–H groups in total. The van der Waals surface area contributed by atoms with Crippen molar-refractivity contribution in [3.63, 3.8) is 0 Å². The largest absolute Gasteiger partial charge is 0.483 e. The van der Waals surface area contributed by atoms with Gasteiger partial charge >= 0.3 is 6.03 Å². The Hall–Kier alpha value is -2.50. The van der Waals surface area contributed by atoms with Crippen LogP contribution in [0.4, 0.5) is 4.79 Å². The van der Waals surface area contributed by atoms with E-state index >= 15 is 0 Å². The molecular formula is C19H27N3O3. The number of nitrogens with zero attached hydrogens (tertiary/aromatic N) is 1. The van der Waals surface area contributed by atoms with E-state index in [1.54, 1.807) is 6.08 Å². The van der Waals surface area contributed by atoms with Gasteiger partial charge in [0.1, 0.15) is 5.75 Å². The molecule has 1 aromatic carbocycles. The van der Waals surface area contributed by atoms with Crippen LogP contribution >= 0.6 is 0 Å². The van der Waals surface area contributed by atoms with Gasteiger partial charge < -0.3 is 20.3 Å². The summed E-state index contributed by atoms with van der Waals surface area (Å²) in [5.74, 6) is 0.642. The predicted octanol–water partition coefficient (Wildman–Crippen LogP) is 2.62. The Morgan fingerprint density at radius 3 is 2.72 bits per heavy atom. The molecule has 1 aromatic rings. The molecule has 1 unspecified atom stereocenters. The minimum atomic E-state index is -0.255.